The average Bonchev–Trinajstić information content (AvgIpc) is 3.75. The minimum atomic E-state index is -0.0687. The van der Waals surface area contributed by atoms with E-state index in [1.54, 1.807) is 0 Å². The van der Waals surface area contributed by atoms with Gasteiger partial charge in [0.1, 0.15) is 22.6 Å². The normalized spacial score (nSPS) is 22.0. The highest BCUT2D eigenvalue weighted by Gasteiger charge is 2.35. The fraction of sp³-hybridized carbons (Fsp3) is 0.404. The molecule has 2 aromatic heterocycles. The molecule has 4 aliphatic heterocycles. The zero-order valence-corrected chi connectivity index (χ0v) is 37.4. The number of rotatable bonds is 9. The summed E-state index contributed by atoms with van der Waals surface area (Å²) in [5.41, 5.74) is 12.8. The summed E-state index contributed by atoms with van der Waals surface area (Å²) < 4.78 is 2.21. The molecule has 1 aliphatic carbocycles. The molecule has 0 amide bonds. The van der Waals surface area contributed by atoms with E-state index in [-0.39, 0.29) is 12.0 Å². The van der Waals surface area contributed by atoms with Crippen molar-refractivity contribution in [3.63, 3.8) is 0 Å². The van der Waals surface area contributed by atoms with Crippen molar-refractivity contribution in [3.8, 4) is 10.8 Å². The summed E-state index contributed by atoms with van der Waals surface area (Å²) in [5.74, 6) is 4.37. The summed E-state index contributed by atoms with van der Waals surface area (Å²) >= 11 is 1.82. The molecular weight excluding hydrogens is 785 g/mol. The molecule has 6 aromatic rings. The lowest BCUT2D eigenvalue weighted by Gasteiger charge is -2.46. The van der Waals surface area contributed by atoms with E-state index < -0.39 is 0 Å². The first kappa shape index (κ1) is 39.5. The maximum Gasteiger partial charge on any atom is 0.162 e. The van der Waals surface area contributed by atoms with Crippen molar-refractivity contribution in [2.75, 3.05) is 75.2 Å². The van der Waals surface area contributed by atoms with Crippen molar-refractivity contribution in [3.05, 3.63) is 153 Å². The van der Waals surface area contributed by atoms with Crippen LogP contribution in [0.4, 0.5) is 11.4 Å². The fourth-order valence-electron chi connectivity index (χ4n) is 11.2. The van der Waals surface area contributed by atoms with Crippen LogP contribution in [0.3, 0.4) is 0 Å². The van der Waals surface area contributed by atoms with Gasteiger partial charge in [-0.2, -0.15) is 0 Å². The van der Waals surface area contributed by atoms with Crippen LogP contribution < -0.4 is 9.80 Å². The van der Waals surface area contributed by atoms with E-state index in [2.05, 4.69) is 140 Å². The van der Waals surface area contributed by atoms with Gasteiger partial charge in [0.05, 0.1) is 5.71 Å². The molecule has 11 rings (SSSR count). The largest absolute Gasteiger partial charge is 0.508 e. The number of benzene rings is 4. The van der Waals surface area contributed by atoms with E-state index in [1.165, 1.54) is 99.5 Å². The molecule has 0 bridgehead atoms. The Morgan fingerprint density at radius 1 is 0.710 bits per heavy atom. The first-order valence-electron chi connectivity index (χ1n) is 22.9. The van der Waals surface area contributed by atoms with Gasteiger partial charge in [-0.1, -0.05) is 60.7 Å². The summed E-state index contributed by atoms with van der Waals surface area (Å²) in [4.78, 5) is 17.1. The third-order valence-electron chi connectivity index (χ3n) is 14.7. The number of phenolic OH excluding ortho intramolecular Hbond substituents is 1. The van der Waals surface area contributed by atoms with Crippen molar-refractivity contribution in [1.29, 1.82) is 0 Å². The quantitative estimate of drug-likeness (QED) is 0.156. The molecule has 3 fully saturated rings. The van der Waals surface area contributed by atoms with Crippen molar-refractivity contribution in [2.24, 2.45) is 16.8 Å². The molecule has 0 spiro atoms. The van der Waals surface area contributed by atoms with Gasteiger partial charge in [-0.3, -0.25) is 9.56 Å². The number of fused-ring (bicyclic) bond motifs is 4. The zero-order chi connectivity index (χ0) is 42.1. The second-order valence-electron chi connectivity index (χ2n) is 18.8. The van der Waals surface area contributed by atoms with Crippen LogP contribution in [0.5, 0.6) is 5.75 Å². The first-order valence-corrected chi connectivity index (χ1v) is 23.7. The van der Waals surface area contributed by atoms with E-state index in [1.807, 2.05) is 30.4 Å². The van der Waals surface area contributed by atoms with Gasteiger partial charge >= 0.3 is 0 Å². The Bertz CT molecular complexity index is 2600. The number of aryl methyl sites for hydroxylation is 3. The van der Waals surface area contributed by atoms with E-state index in [4.69, 9.17) is 4.99 Å². The summed E-state index contributed by atoms with van der Waals surface area (Å²) in [6.45, 7) is 20.2. The topological polar surface area (TPSA) is 76.3 Å². The highest BCUT2D eigenvalue weighted by atomic mass is 32.1. The summed E-state index contributed by atoms with van der Waals surface area (Å²) in [6.07, 6.45) is 2.09. The van der Waals surface area contributed by atoms with Gasteiger partial charge in [-0.15, -0.1) is 21.5 Å². The molecule has 10 heteroatoms. The highest BCUT2D eigenvalue weighted by Crippen LogP contribution is 2.47. The summed E-state index contributed by atoms with van der Waals surface area (Å²) in [7, 11) is 0. The molecule has 0 unspecified atom stereocenters. The predicted molar refractivity (Wildman–Crippen MR) is 252 cm³/mol. The summed E-state index contributed by atoms with van der Waals surface area (Å²) in [6, 6.07) is 35.5. The molecule has 5 aliphatic rings. The van der Waals surface area contributed by atoms with Crippen LogP contribution >= 0.6 is 11.3 Å². The molecule has 0 radical (unpaired) electrons. The lowest BCUT2D eigenvalue weighted by Crippen LogP contribution is -2.57. The van der Waals surface area contributed by atoms with E-state index in [9.17, 15) is 5.11 Å². The number of aromatic nitrogens is 3. The molecule has 0 saturated carbocycles. The fourth-order valence-corrected chi connectivity index (χ4v) is 12.4. The maximum absolute atomic E-state index is 10.2. The van der Waals surface area contributed by atoms with Gasteiger partial charge < -0.3 is 24.7 Å². The van der Waals surface area contributed by atoms with E-state index >= 15 is 0 Å². The number of thiophene rings is 1. The highest BCUT2D eigenvalue weighted by molar-refractivity contribution is 7.15. The number of nitrogens with zero attached hydrogens (tertiary/aromatic N) is 8. The number of aliphatic imine (C=N–C) groups is 1. The Balaban J connectivity index is 0.647. The van der Waals surface area contributed by atoms with Crippen LogP contribution in [-0.2, 0) is 6.42 Å². The molecule has 1 N–H and O–H groups in total. The van der Waals surface area contributed by atoms with Crippen LogP contribution in [-0.4, -0.2) is 101 Å². The molecule has 3 atom stereocenters. The Kier molecular flexibility index (Phi) is 10.3. The number of anilines is 2. The monoisotopic (exact) mass is 842 g/mol. The third kappa shape index (κ3) is 7.23. The van der Waals surface area contributed by atoms with E-state index in [0.717, 1.165) is 68.2 Å². The number of hydrogen-bond donors (Lipinski definition) is 1. The van der Waals surface area contributed by atoms with Gasteiger partial charge in [0.25, 0.3) is 0 Å². The van der Waals surface area contributed by atoms with Crippen molar-refractivity contribution in [2.45, 2.75) is 58.4 Å². The van der Waals surface area contributed by atoms with Gasteiger partial charge in [-0.25, -0.2) is 0 Å². The minimum absolute atomic E-state index is 0.0687. The average molecular weight is 843 g/mol. The first-order chi connectivity index (χ1) is 30.2. The molecular formula is C52H58N8OS. The Hall–Kier alpha value is -5.29. The van der Waals surface area contributed by atoms with E-state index in [0.29, 0.717) is 11.7 Å². The van der Waals surface area contributed by atoms with Crippen molar-refractivity contribution < 1.29 is 5.11 Å². The number of hydrogen-bond acceptors (Lipinski definition) is 9. The van der Waals surface area contributed by atoms with Crippen molar-refractivity contribution in [1.82, 2.24) is 24.6 Å². The van der Waals surface area contributed by atoms with Crippen LogP contribution in [0.25, 0.3) is 5.00 Å². The third-order valence-corrected chi connectivity index (χ3v) is 15.9. The van der Waals surface area contributed by atoms with Gasteiger partial charge in [0, 0.05) is 111 Å². The molecule has 62 heavy (non-hydrogen) atoms. The molecule has 9 nitrogen and oxygen atoms in total. The minimum Gasteiger partial charge on any atom is -0.508 e. The molecule has 318 valence electrons. The predicted octanol–water partition coefficient (Wildman–Crippen LogP) is 8.92. The number of phenols is 1. The standard InChI is InChI=1S/C52H58N8OS/c1-33-35(3)62-52-48(33)50(53-34(2)51-55-54-36(4)60(51)52)41-12-17-44(18-13-41)59-31-38(32-59)28-57-24-22-56(23-25-57)27-37-29-58(30-37)43-15-10-40(11-16-43)49-46(39-8-6-5-7-9-39)20-14-42-26-45(61)19-21-47(42)49/h5-13,15-19,21,26,34,37-38,46,49,61H,14,20,22-25,27-32H2,1-4H3/t34-,46-,49+/m0/s1. The lowest BCUT2D eigenvalue weighted by atomic mass is 9.69. The van der Waals surface area contributed by atoms with Gasteiger partial charge in [0.2, 0.25) is 0 Å². The lowest BCUT2D eigenvalue weighted by molar-refractivity contribution is 0.0961. The second kappa shape index (κ2) is 16.1. The smallest absolute Gasteiger partial charge is 0.162 e. The van der Waals surface area contributed by atoms with Crippen molar-refractivity contribution >= 4 is 28.4 Å². The maximum atomic E-state index is 10.2. The SMILES string of the molecule is Cc1sc2c(c1C)C(c1ccc(N3CC(CN4CCN(CC5CN(c6ccc([C@H]7c8ccc(O)cc8CC[C@H]7c7ccccc7)cc6)C5)CC4)C3)cc1)=N[C@@H](C)c1nnc(C)n1-2. The second-order valence-corrected chi connectivity index (χ2v) is 20.0. The molecule has 6 heterocycles. The molecule has 4 aromatic carbocycles. The Labute approximate surface area is 370 Å². The van der Waals surface area contributed by atoms with Crippen LogP contribution in [0.1, 0.15) is 86.7 Å². The van der Waals surface area contributed by atoms with Gasteiger partial charge in [-0.05, 0) is 111 Å². The summed E-state index contributed by atoms with van der Waals surface area (Å²) in [5, 5.41) is 20.4. The van der Waals surface area contributed by atoms with Crippen LogP contribution in [0.2, 0.25) is 0 Å². The van der Waals surface area contributed by atoms with Crippen LogP contribution in [0.15, 0.2) is 102 Å². The molecule has 3 saturated heterocycles. The van der Waals surface area contributed by atoms with Gasteiger partial charge in [0.15, 0.2) is 5.82 Å². The Morgan fingerprint density at radius 2 is 1.34 bits per heavy atom. The number of aromatic hydroxyl groups is 1. The zero-order valence-electron chi connectivity index (χ0n) is 36.5. The Morgan fingerprint density at radius 3 is 1.98 bits per heavy atom. The number of piperazine rings is 1. The van der Waals surface area contributed by atoms with Crippen LogP contribution in [0, 0.1) is 32.6 Å².